The summed E-state index contributed by atoms with van der Waals surface area (Å²) in [5.41, 5.74) is -0.372. The Bertz CT molecular complexity index is 831. The molecule has 9 heteroatoms. The molecule has 1 N–H and O–H groups in total. The Balaban J connectivity index is 1.75. The van der Waals surface area contributed by atoms with Gasteiger partial charge in [-0.1, -0.05) is 23.7 Å². The Hall–Kier alpha value is -2.87. The monoisotopic (exact) mass is 399 g/mol. The van der Waals surface area contributed by atoms with Crippen LogP contribution >= 0.6 is 11.6 Å². The highest BCUT2D eigenvalue weighted by molar-refractivity contribution is 6.33. The van der Waals surface area contributed by atoms with Crippen LogP contribution in [0.15, 0.2) is 36.4 Å². The molecule has 0 saturated heterocycles. The van der Waals surface area contributed by atoms with E-state index in [-0.39, 0.29) is 23.7 Å². The molecule has 2 aromatic carbocycles. The maximum atomic E-state index is 13.2. The molecular weight excluding hydrogens is 384 g/mol. The number of hydrogen-bond acceptors (Lipinski definition) is 5. The lowest BCUT2D eigenvalue weighted by Crippen LogP contribution is -2.32. The highest BCUT2D eigenvalue weighted by atomic mass is 35.5. The molecule has 0 aromatic heterocycles. The van der Waals surface area contributed by atoms with E-state index in [1.807, 2.05) is 0 Å². The highest BCUT2D eigenvalue weighted by Gasteiger charge is 2.17. The molecule has 0 atom stereocenters. The molecule has 2 aromatic rings. The third-order valence-corrected chi connectivity index (χ3v) is 3.63. The largest absolute Gasteiger partial charge is 0.493 e. The number of methoxy groups -OCH3 is 1. The van der Waals surface area contributed by atoms with Crippen LogP contribution in [-0.4, -0.2) is 38.7 Å². The van der Waals surface area contributed by atoms with Crippen molar-refractivity contribution in [1.82, 2.24) is 5.32 Å². The van der Waals surface area contributed by atoms with Crippen LogP contribution in [0.3, 0.4) is 0 Å². The number of rotatable bonds is 8. The standard InChI is InChI=1S/C18H16ClF2NO5/c1-25-15-4-2-3-5-16(15)26-7-6-22-17(23)10-27-18(24)11-8-13(20)14(21)9-12(11)19/h2-5,8-9H,6-7,10H2,1H3,(H,22,23). The second kappa shape index (κ2) is 9.72. The number of amides is 1. The van der Waals surface area contributed by atoms with Gasteiger partial charge < -0.3 is 19.5 Å². The van der Waals surface area contributed by atoms with E-state index in [4.69, 9.17) is 25.8 Å². The van der Waals surface area contributed by atoms with E-state index in [2.05, 4.69) is 5.32 Å². The van der Waals surface area contributed by atoms with Crippen LogP contribution < -0.4 is 14.8 Å². The molecule has 0 radical (unpaired) electrons. The van der Waals surface area contributed by atoms with Gasteiger partial charge >= 0.3 is 5.97 Å². The van der Waals surface area contributed by atoms with Crippen LogP contribution in [0.4, 0.5) is 8.78 Å². The second-order valence-electron chi connectivity index (χ2n) is 5.17. The van der Waals surface area contributed by atoms with E-state index < -0.39 is 30.1 Å². The number of halogens is 3. The fourth-order valence-electron chi connectivity index (χ4n) is 2.03. The van der Waals surface area contributed by atoms with Gasteiger partial charge in [-0.15, -0.1) is 0 Å². The van der Waals surface area contributed by atoms with Gasteiger partial charge in [0, 0.05) is 0 Å². The van der Waals surface area contributed by atoms with Gasteiger partial charge in [-0.2, -0.15) is 0 Å². The molecule has 0 aliphatic carbocycles. The molecule has 0 aliphatic rings. The number of carbonyl (C=O) groups excluding carboxylic acids is 2. The Morgan fingerprint density at radius 1 is 1.11 bits per heavy atom. The summed E-state index contributed by atoms with van der Waals surface area (Å²) in [7, 11) is 1.51. The van der Waals surface area contributed by atoms with Crippen molar-refractivity contribution in [3.8, 4) is 11.5 Å². The second-order valence-corrected chi connectivity index (χ2v) is 5.58. The van der Waals surface area contributed by atoms with Crippen molar-refractivity contribution in [2.45, 2.75) is 0 Å². The van der Waals surface area contributed by atoms with Crippen molar-refractivity contribution in [2.75, 3.05) is 26.9 Å². The summed E-state index contributed by atoms with van der Waals surface area (Å²) in [5, 5.41) is 2.17. The number of hydrogen-bond donors (Lipinski definition) is 1. The van der Waals surface area contributed by atoms with Crippen molar-refractivity contribution in [3.05, 3.63) is 58.6 Å². The van der Waals surface area contributed by atoms with Crippen LogP contribution in [-0.2, 0) is 9.53 Å². The van der Waals surface area contributed by atoms with Gasteiger partial charge in [0.15, 0.2) is 29.7 Å². The van der Waals surface area contributed by atoms with Crippen LogP contribution in [0, 0.1) is 11.6 Å². The van der Waals surface area contributed by atoms with E-state index >= 15 is 0 Å². The minimum absolute atomic E-state index is 0.153. The molecule has 0 spiro atoms. The predicted molar refractivity (Wildman–Crippen MR) is 93.1 cm³/mol. The van der Waals surface area contributed by atoms with Gasteiger partial charge in [0.2, 0.25) is 0 Å². The average Bonchev–Trinajstić information content (AvgIpc) is 2.66. The van der Waals surface area contributed by atoms with Crippen LogP contribution in [0.1, 0.15) is 10.4 Å². The summed E-state index contributed by atoms with van der Waals surface area (Å²) >= 11 is 5.66. The summed E-state index contributed by atoms with van der Waals surface area (Å²) in [6.07, 6.45) is 0. The fraction of sp³-hybridized carbons (Fsp3) is 0.222. The molecule has 1 amide bonds. The van der Waals surface area contributed by atoms with Crippen molar-refractivity contribution in [2.24, 2.45) is 0 Å². The zero-order valence-electron chi connectivity index (χ0n) is 14.3. The Labute approximate surface area is 159 Å². The van der Waals surface area contributed by atoms with E-state index in [9.17, 15) is 18.4 Å². The molecule has 0 heterocycles. The van der Waals surface area contributed by atoms with Gasteiger partial charge in [0.05, 0.1) is 24.2 Å². The Morgan fingerprint density at radius 3 is 2.48 bits per heavy atom. The molecule has 6 nitrogen and oxygen atoms in total. The number of esters is 1. The maximum absolute atomic E-state index is 13.2. The molecule has 27 heavy (non-hydrogen) atoms. The summed E-state index contributed by atoms with van der Waals surface area (Å²) in [6.45, 7) is -0.293. The average molecular weight is 400 g/mol. The van der Waals surface area contributed by atoms with Crippen LogP contribution in [0.2, 0.25) is 5.02 Å². The van der Waals surface area contributed by atoms with Crippen LogP contribution in [0.25, 0.3) is 0 Å². The number of ether oxygens (including phenoxy) is 3. The van der Waals surface area contributed by atoms with Gasteiger partial charge in [-0.3, -0.25) is 4.79 Å². The molecule has 0 aliphatic heterocycles. The van der Waals surface area contributed by atoms with Crippen molar-refractivity contribution >= 4 is 23.5 Å². The van der Waals surface area contributed by atoms with E-state index in [0.717, 1.165) is 0 Å². The summed E-state index contributed by atoms with van der Waals surface area (Å²) in [4.78, 5) is 23.5. The smallest absolute Gasteiger partial charge is 0.340 e. The molecule has 0 saturated carbocycles. The molecular formula is C18H16ClF2NO5. The predicted octanol–water partition coefficient (Wildman–Crippen LogP) is 2.98. The lowest BCUT2D eigenvalue weighted by molar-refractivity contribution is -0.124. The number of nitrogens with one attached hydrogen (secondary N) is 1. The first-order valence-electron chi connectivity index (χ1n) is 7.76. The number of benzene rings is 2. The summed E-state index contributed by atoms with van der Waals surface area (Å²) in [6, 6.07) is 8.28. The molecule has 0 bridgehead atoms. The Kier molecular flexibility index (Phi) is 7.36. The van der Waals surface area contributed by atoms with Gasteiger partial charge in [-0.05, 0) is 24.3 Å². The van der Waals surface area contributed by atoms with E-state index in [1.54, 1.807) is 24.3 Å². The first-order chi connectivity index (χ1) is 12.9. The molecule has 144 valence electrons. The lowest BCUT2D eigenvalue weighted by atomic mass is 10.2. The molecule has 2 rings (SSSR count). The maximum Gasteiger partial charge on any atom is 0.340 e. The molecule has 0 unspecified atom stereocenters. The first kappa shape index (κ1) is 20.4. The van der Waals surface area contributed by atoms with E-state index in [0.29, 0.717) is 23.6 Å². The summed E-state index contributed by atoms with van der Waals surface area (Å²) in [5.74, 6) is -2.99. The quantitative estimate of drug-likeness (QED) is 0.419. The lowest BCUT2D eigenvalue weighted by Gasteiger charge is -2.11. The zero-order chi connectivity index (χ0) is 19.8. The minimum atomic E-state index is -1.25. The Morgan fingerprint density at radius 2 is 1.78 bits per heavy atom. The van der Waals surface area contributed by atoms with Crippen molar-refractivity contribution in [3.63, 3.8) is 0 Å². The molecule has 0 fully saturated rings. The summed E-state index contributed by atoms with van der Waals surface area (Å²) < 4.78 is 41.5. The SMILES string of the molecule is COc1ccccc1OCCNC(=O)COC(=O)c1cc(F)c(F)cc1Cl. The highest BCUT2D eigenvalue weighted by Crippen LogP contribution is 2.25. The number of para-hydroxylation sites is 2. The normalized spacial score (nSPS) is 10.2. The van der Waals surface area contributed by atoms with Crippen molar-refractivity contribution < 1.29 is 32.6 Å². The topological polar surface area (TPSA) is 73.9 Å². The van der Waals surface area contributed by atoms with Gasteiger partial charge in [0.1, 0.15) is 6.61 Å². The van der Waals surface area contributed by atoms with Gasteiger partial charge in [-0.25, -0.2) is 13.6 Å². The third kappa shape index (κ3) is 5.82. The number of carbonyl (C=O) groups is 2. The minimum Gasteiger partial charge on any atom is -0.493 e. The van der Waals surface area contributed by atoms with Crippen molar-refractivity contribution in [1.29, 1.82) is 0 Å². The zero-order valence-corrected chi connectivity index (χ0v) is 15.0. The van der Waals surface area contributed by atoms with Crippen LogP contribution in [0.5, 0.6) is 11.5 Å². The third-order valence-electron chi connectivity index (χ3n) is 3.32. The fourth-order valence-corrected chi connectivity index (χ4v) is 2.26. The first-order valence-corrected chi connectivity index (χ1v) is 8.14. The van der Waals surface area contributed by atoms with Gasteiger partial charge in [0.25, 0.3) is 5.91 Å². The van der Waals surface area contributed by atoms with E-state index in [1.165, 1.54) is 7.11 Å².